The van der Waals surface area contributed by atoms with E-state index >= 15 is 0 Å². The molecule has 1 aliphatic carbocycles. The number of fused-ring (bicyclic) bond motifs is 3. The summed E-state index contributed by atoms with van der Waals surface area (Å²) in [5.74, 6) is 0.322. The van der Waals surface area contributed by atoms with Gasteiger partial charge in [0.15, 0.2) is 5.78 Å². The molecule has 0 fully saturated rings. The van der Waals surface area contributed by atoms with Crippen LogP contribution in [-0.4, -0.2) is 46.4 Å². The molecule has 0 saturated heterocycles. The van der Waals surface area contributed by atoms with Crippen LogP contribution >= 0.6 is 0 Å². The molecule has 2 aromatic carbocycles. The fourth-order valence-corrected chi connectivity index (χ4v) is 5.79. The van der Waals surface area contributed by atoms with Crippen molar-refractivity contribution in [1.29, 1.82) is 0 Å². The van der Waals surface area contributed by atoms with Gasteiger partial charge >= 0.3 is 0 Å². The molecule has 2 unspecified atom stereocenters. The Kier molecular flexibility index (Phi) is 7.04. The number of Topliss-reactive ketones (excluding diaryl/α,β-unsaturated/α-hetero) is 1. The van der Waals surface area contributed by atoms with Gasteiger partial charge in [0.25, 0.3) is 0 Å². The maximum absolute atomic E-state index is 13.5. The SMILES string of the molecule is CC(=O)c1ccccc1CN(C(=O)C(C)(C)C)C(C=O)CNc1ccc2c(c1)CC1(C2)C(=O)Nc2ncccc21. The first-order valence-corrected chi connectivity index (χ1v) is 13.5. The standard InChI is InChI=1S/C32H34N4O4/c1-20(38)26-9-6-5-8-22(26)18-36(30(40)31(2,3)4)25(19-37)17-34-24-12-11-21-15-32(16-23(21)14-24)27-10-7-13-33-28(27)35-29(32)39/h5-14,19,25,34H,15-18H2,1-4H3,(H,33,35,39). The van der Waals surface area contributed by atoms with Crippen molar-refractivity contribution >= 4 is 35.4 Å². The molecule has 2 amide bonds. The van der Waals surface area contributed by atoms with Gasteiger partial charge in [-0.15, -0.1) is 0 Å². The summed E-state index contributed by atoms with van der Waals surface area (Å²) in [6.45, 7) is 7.29. The van der Waals surface area contributed by atoms with E-state index in [1.165, 1.54) is 6.92 Å². The van der Waals surface area contributed by atoms with Gasteiger partial charge in [0.1, 0.15) is 18.1 Å². The maximum Gasteiger partial charge on any atom is 0.237 e. The molecule has 1 aliphatic heterocycles. The summed E-state index contributed by atoms with van der Waals surface area (Å²) in [4.78, 5) is 57.0. The van der Waals surface area contributed by atoms with Crippen molar-refractivity contribution in [3.05, 3.63) is 88.6 Å². The second kappa shape index (κ2) is 10.3. The van der Waals surface area contributed by atoms with Crippen LogP contribution in [0.4, 0.5) is 11.5 Å². The van der Waals surface area contributed by atoms with Crippen LogP contribution in [0.5, 0.6) is 0 Å². The molecule has 8 heteroatoms. The molecule has 0 radical (unpaired) electrons. The molecule has 2 heterocycles. The third-order valence-electron chi connectivity index (χ3n) is 7.89. The van der Waals surface area contributed by atoms with Crippen molar-refractivity contribution < 1.29 is 19.2 Å². The van der Waals surface area contributed by atoms with Crippen LogP contribution in [0.1, 0.15) is 60.3 Å². The van der Waals surface area contributed by atoms with Gasteiger partial charge in [-0.1, -0.05) is 57.2 Å². The van der Waals surface area contributed by atoms with Gasteiger partial charge in [-0.2, -0.15) is 0 Å². The number of nitrogens with one attached hydrogen (secondary N) is 2. The van der Waals surface area contributed by atoms with Gasteiger partial charge in [-0.05, 0) is 54.7 Å². The summed E-state index contributed by atoms with van der Waals surface area (Å²) in [5.41, 5.74) is 3.76. The van der Waals surface area contributed by atoms with E-state index in [-0.39, 0.29) is 30.7 Å². The molecule has 2 N–H and O–H groups in total. The van der Waals surface area contributed by atoms with Gasteiger partial charge in [0.05, 0.1) is 5.41 Å². The van der Waals surface area contributed by atoms with E-state index in [9.17, 15) is 19.2 Å². The highest BCUT2D eigenvalue weighted by atomic mass is 16.2. The number of amides is 2. The van der Waals surface area contributed by atoms with Crippen LogP contribution in [0.3, 0.4) is 0 Å². The lowest BCUT2D eigenvalue weighted by Gasteiger charge is -2.34. The second-order valence-corrected chi connectivity index (χ2v) is 11.8. The van der Waals surface area contributed by atoms with Crippen molar-refractivity contribution in [2.45, 2.75) is 58.5 Å². The van der Waals surface area contributed by atoms with Gasteiger partial charge in [0.2, 0.25) is 11.8 Å². The summed E-state index contributed by atoms with van der Waals surface area (Å²) < 4.78 is 0. The quantitative estimate of drug-likeness (QED) is 0.327. The minimum absolute atomic E-state index is 0.0323. The molecule has 3 aromatic rings. The number of pyridine rings is 1. The van der Waals surface area contributed by atoms with Crippen LogP contribution in [0.2, 0.25) is 0 Å². The van der Waals surface area contributed by atoms with Crippen molar-refractivity contribution in [3.63, 3.8) is 0 Å². The molecule has 2 aliphatic rings. The summed E-state index contributed by atoms with van der Waals surface area (Å²) >= 11 is 0. The number of aromatic nitrogens is 1. The third kappa shape index (κ3) is 4.90. The van der Waals surface area contributed by atoms with Crippen LogP contribution in [0.25, 0.3) is 0 Å². The fourth-order valence-electron chi connectivity index (χ4n) is 5.79. The summed E-state index contributed by atoms with van der Waals surface area (Å²) in [6.07, 6.45) is 3.63. The molecule has 0 saturated carbocycles. The minimum Gasteiger partial charge on any atom is -0.383 e. The van der Waals surface area contributed by atoms with Crippen molar-refractivity contribution in [2.75, 3.05) is 17.2 Å². The van der Waals surface area contributed by atoms with Crippen molar-refractivity contribution in [3.8, 4) is 0 Å². The first-order chi connectivity index (χ1) is 19.0. The molecule has 1 spiro atoms. The van der Waals surface area contributed by atoms with E-state index in [0.717, 1.165) is 28.7 Å². The number of hydrogen-bond acceptors (Lipinski definition) is 6. The molecule has 5 rings (SSSR count). The molecule has 1 aromatic heterocycles. The Hall–Kier alpha value is -4.33. The molecular formula is C32H34N4O4. The Morgan fingerprint density at radius 3 is 2.58 bits per heavy atom. The average Bonchev–Trinajstić information content (AvgIpc) is 3.44. The Labute approximate surface area is 234 Å². The van der Waals surface area contributed by atoms with E-state index in [0.29, 0.717) is 29.8 Å². The number of nitrogens with zero attached hydrogens (tertiary/aromatic N) is 2. The zero-order chi connectivity index (χ0) is 28.7. The number of ketones is 1. The highest BCUT2D eigenvalue weighted by Gasteiger charge is 2.51. The maximum atomic E-state index is 13.5. The van der Waals surface area contributed by atoms with Gasteiger partial charge in [0, 0.05) is 41.5 Å². The van der Waals surface area contributed by atoms with Gasteiger partial charge in [-0.3, -0.25) is 14.4 Å². The monoisotopic (exact) mass is 538 g/mol. The van der Waals surface area contributed by atoms with Crippen molar-refractivity contribution in [1.82, 2.24) is 9.88 Å². The predicted octanol–water partition coefficient (Wildman–Crippen LogP) is 4.33. The zero-order valence-corrected chi connectivity index (χ0v) is 23.3. The molecule has 206 valence electrons. The number of hydrogen-bond donors (Lipinski definition) is 2. The molecule has 0 bridgehead atoms. The van der Waals surface area contributed by atoms with Gasteiger partial charge in [-0.25, -0.2) is 4.98 Å². The van der Waals surface area contributed by atoms with Crippen LogP contribution < -0.4 is 10.6 Å². The van der Waals surface area contributed by atoms with Gasteiger partial charge < -0.3 is 20.3 Å². The highest BCUT2D eigenvalue weighted by molar-refractivity contribution is 6.06. The largest absolute Gasteiger partial charge is 0.383 e. The van der Waals surface area contributed by atoms with E-state index in [2.05, 4.69) is 15.6 Å². The summed E-state index contributed by atoms with van der Waals surface area (Å²) in [5, 5.41) is 6.27. The number of aldehydes is 1. The lowest BCUT2D eigenvalue weighted by atomic mass is 9.79. The number of carbonyl (C=O) groups is 4. The summed E-state index contributed by atoms with van der Waals surface area (Å²) in [6, 6.07) is 16.2. The minimum atomic E-state index is -0.759. The van der Waals surface area contributed by atoms with Crippen LogP contribution in [-0.2, 0) is 39.2 Å². The third-order valence-corrected chi connectivity index (χ3v) is 7.89. The van der Waals surface area contributed by atoms with E-state index in [4.69, 9.17) is 0 Å². The van der Waals surface area contributed by atoms with Crippen LogP contribution in [0.15, 0.2) is 60.8 Å². The summed E-state index contributed by atoms with van der Waals surface area (Å²) in [7, 11) is 0. The molecule has 8 nitrogen and oxygen atoms in total. The first kappa shape index (κ1) is 27.2. The second-order valence-electron chi connectivity index (χ2n) is 11.8. The molecular weight excluding hydrogens is 504 g/mol. The normalized spacial score (nSPS) is 18.1. The molecule has 2 atom stereocenters. The Bertz CT molecular complexity index is 1510. The average molecular weight is 539 g/mol. The number of rotatable bonds is 8. The highest BCUT2D eigenvalue weighted by Crippen LogP contribution is 2.46. The lowest BCUT2D eigenvalue weighted by molar-refractivity contribution is -0.144. The smallest absolute Gasteiger partial charge is 0.237 e. The van der Waals surface area contributed by atoms with Crippen molar-refractivity contribution in [2.24, 2.45) is 5.41 Å². The van der Waals surface area contributed by atoms with E-state index in [1.807, 2.05) is 63.2 Å². The fraction of sp³-hybridized carbons (Fsp3) is 0.344. The molecule has 40 heavy (non-hydrogen) atoms. The lowest BCUT2D eigenvalue weighted by Crippen LogP contribution is -2.49. The Balaban J connectivity index is 1.36. The van der Waals surface area contributed by atoms with Crippen LogP contribution in [0, 0.1) is 5.41 Å². The Morgan fingerprint density at radius 1 is 1.10 bits per heavy atom. The zero-order valence-electron chi connectivity index (χ0n) is 23.3. The van der Waals surface area contributed by atoms with E-state index < -0.39 is 16.9 Å². The first-order valence-electron chi connectivity index (χ1n) is 13.5. The topological polar surface area (TPSA) is 108 Å². The Morgan fingerprint density at radius 2 is 1.85 bits per heavy atom. The number of anilines is 2. The predicted molar refractivity (Wildman–Crippen MR) is 153 cm³/mol. The number of benzene rings is 2. The number of carbonyl (C=O) groups excluding carboxylic acids is 4. The van der Waals surface area contributed by atoms with E-state index in [1.54, 1.807) is 23.2 Å².